The highest BCUT2D eigenvalue weighted by atomic mass is 28.4. The zero-order valence-electron chi connectivity index (χ0n) is 19.0. The average molecular weight is 411 g/mol. The van der Waals surface area contributed by atoms with Crippen molar-refractivity contribution in [3.63, 3.8) is 0 Å². The monoisotopic (exact) mass is 410 g/mol. The van der Waals surface area contributed by atoms with E-state index in [1.165, 1.54) is 81.0 Å². The molecule has 2 heteroatoms. The summed E-state index contributed by atoms with van der Waals surface area (Å²) in [6.07, 6.45) is 14.9. The molecule has 0 heterocycles. The first-order valence-corrected chi connectivity index (χ1v) is 14.4. The number of unbranched alkanes of at least 4 members (excludes halogenated alkanes) is 7. The molecule has 0 radical (unpaired) electrons. The SMILES string of the molecule is CCCCCCCCCCC(CCC)O[Si](C)(c1ccccc1)c1ccccc1. The molecule has 1 atom stereocenters. The van der Waals surface area contributed by atoms with Crippen molar-refractivity contribution in [3.05, 3.63) is 60.7 Å². The van der Waals surface area contributed by atoms with E-state index in [9.17, 15) is 0 Å². The van der Waals surface area contributed by atoms with Crippen LogP contribution in [0.4, 0.5) is 0 Å². The second-order valence-corrected chi connectivity index (χ2v) is 12.0. The third-order valence-electron chi connectivity index (χ3n) is 6.04. The third kappa shape index (κ3) is 8.10. The molecule has 0 saturated heterocycles. The molecule has 0 spiro atoms. The van der Waals surface area contributed by atoms with Gasteiger partial charge in [-0.15, -0.1) is 0 Å². The summed E-state index contributed by atoms with van der Waals surface area (Å²) in [5, 5.41) is 2.76. The standard InChI is InChI=1S/C27H42OSi/c1-4-6-7-8-9-10-11-14-20-25(19-5-2)28-29(3,26-21-15-12-16-22-26)27-23-17-13-18-24-27/h12-13,15-18,21-25H,4-11,14,19-20H2,1-3H3. The molecule has 2 aromatic rings. The highest BCUT2D eigenvalue weighted by Crippen LogP contribution is 2.19. The van der Waals surface area contributed by atoms with Crippen molar-refractivity contribution >= 4 is 18.7 Å². The highest BCUT2D eigenvalue weighted by molar-refractivity contribution is 6.96. The van der Waals surface area contributed by atoms with Gasteiger partial charge in [0.05, 0.1) is 0 Å². The van der Waals surface area contributed by atoms with Crippen LogP contribution in [0.25, 0.3) is 0 Å². The van der Waals surface area contributed by atoms with Crippen LogP contribution in [0.3, 0.4) is 0 Å². The Kier molecular flexibility index (Phi) is 11.3. The van der Waals surface area contributed by atoms with Gasteiger partial charge in [0, 0.05) is 6.10 Å². The minimum absolute atomic E-state index is 0.372. The first-order chi connectivity index (χ1) is 14.2. The van der Waals surface area contributed by atoms with Crippen LogP contribution < -0.4 is 10.4 Å². The molecule has 0 aliphatic heterocycles. The zero-order chi connectivity index (χ0) is 20.8. The molecule has 0 aliphatic carbocycles. The van der Waals surface area contributed by atoms with E-state index in [4.69, 9.17) is 4.43 Å². The smallest absolute Gasteiger partial charge is 0.253 e. The fourth-order valence-electron chi connectivity index (χ4n) is 4.24. The molecule has 29 heavy (non-hydrogen) atoms. The summed E-state index contributed by atoms with van der Waals surface area (Å²) in [5.41, 5.74) is 0. The summed E-state index contributed by atoms with van der Waals surface area (Å²) in [6.45, 7) is 6.96. The van der Waals surface area contributed by atoms with Crippen LogP contribution in [0.2, 0.25) is 6.55 Å². The van der Waals surface area contributed by atoms with Gasteiger partial charge >= 0.3 is 0 Å². The van der Waals surface area contributed by atoms with Crippen LogP contribution in [0.5, 0.6) is 0 Å². The average Bonchev–Trinajstić information content (AvgIpc) is 2.77. The summed E-state index contributed by atoms with van der Waals surface area (Å²) in [7, 11) is -2.19. The lowest BCUT2D eigenvalue weighted by Gasteiger charge is -2.33. The molecule has 2 aromatic carbocycles. The van der Waals surface area contributed by atoms with Gasteiger partial charge in [-0.25, -0.2) is 0 Å². The maximum Gasteiger partial charge on any atom is 0.253 e. The second-order valence-electron chi connectivity index (χ2n) is 8.56. The van der Waals surface area contributed by atoms with Crippen molar-refractivity contribution in [3.8, 4) is 0 Å². The quantitative estimate of drug-likeness (QED) is 0.225. The molecule has 0 aromatic heterocycles. The second kappa shape index (κ2) is 13.8. The fourth-order valence-corrected chi connectivity index (χ4v) is 7.40. The van der Waals surface area contributed by atoms with Crippen molar-refractivity contribution in [1.82, 2.24) is 0 Å². The van der Waals surface area contributed by atoms with Gasteiger partial charge in [0.25, 0.3) is 8.32 Å². The van der Waals surface area contributed by atoms with Crippen LogP contribution in [0, 0.1) is 0 Å². The van der Waals surface area contributed by atoms with Crippen molar-refractivity contribution in [1.29, 1.82) is 0 Å². The Morgan fingerprint density at radius 3 is 1.59 bits per heavy atom. The van der Waals surface area contributed by atoms with Gasteiger partial charge < -0.3 is 4.43 Å². The predicted octanol–water partition coefficient (Wildman–Crippen LogP) is 7.09. The van der Waals surface area contributed by atoms with Gasteiger partial charge in [-0.05, 0) is 29.8 Å². The van der Waals surface area contributed by atoms with Gasteiger partial charge in [-0.1, -0.05) is 132 Å². The molecule has 0 fully saturated rings. The fraction of sp³-hybridized carbons (Fsp3) is 0.556. The molecule has 160 valence electrons. The maximum absolute atomic E-state index is 7.05. The summed E-state index contributed by atoms with van der Waals surface area (Å²) in [5.74, 6) is 0. The Morgan fingerprint density at radius 1 is 0.621 bits per heavy atom. The van der Waals surface area contributed by atoms with Crippen molar-refractivity contribution in [2.75, 3.05) is 0 Å². The van der Waals surface area contributed by atoms with E-state index in [2.05, 4.69) is 81.1 Å². The van der Waals surface area contributed by atoms with Gasteiger partial charge in [0.2, 0.25) is 0 Å². The molecule has 1 nitrogen and oxygen atoms in total. The van der Waals surface area contributed by atoms with E-state index in [1.54, 1.807) is 0 Å². The van der Waals surface area contributed by atoms with Crippen molar-refractivity contribution in [2.45, 2.75) is 97.1 Å². The Balaban J connectivity index is 1.97. The Labute approximate surface area is 181 Å². The summed E-state index contributed by atoms with van der Waals surface area (Å²) in [4.78, 5) is 0. The Morgan fingerprint density at radius 2 is 1.10 bits per heavy atom. The lowest BCUT2D eigenvalue weighted by Crippen LogP contribution is -2.59. The molecule has 0 aliphatic rings. The van der Waals surface area contributed by atoms with Gasteiger partial charge in [0.1, 0.15) is 0 Å². The van der Waals surface area contributed by atoms with Gasteiger partial charge in [-0.3, -0.25) is 0 Å². The van der Waals surface area contributed by atoms with Gasteiger partial charge in [0.15, 0.2) is 0 Å². The molecular weight excluding hydrogens is 368 g/mol. The van der Waals surface area contributed by atoms with Crippen molar-refractivity contribution < 1.29 is 4.43 Å². The van der Waals surface area contributed by atoms with Crippen LogP contribution >= 0.6 is 0 Å². The molecule has 0 bridgehead atoms. The molecule has 0 N–H and O–H groups in total. The van der Waals surface area contributed by atoms with Gasteiger partial charge in [-0.2, -0.15) is 0 Å². The van der Waals surface area contributed by atoms with E-state index in [1.807, 2.05) is 0 Å². The topological polar surface area (TPSA) is 9.23 Å². The summed E-state index contributed by atoms with van der Waals surface area (Å²) >= 11 is 0. The minimum atomic E-state index is -2.19. The lowest BCUT2D eigenvalue weighted by atomic mass is 10.0. The Hall–Kier alpha value is -1.38. The summed E-state index contributed by atoms with van der Waals surface area (Å²) in [6, 6.07) is 21.9. The van der Waals surface area contributed by atoms with Crippen LogP contribution in [0.1, 0.15) is 84.5 Å². The van der Waals surface area contributed by atoms with E-state index in [0.717, 1.165) is 0 Å². The first-order valence-electron chi connectivity index (χ1n) is 12.0. The number of hydrogen-bond donors (Lipinski definition) is 0. The minimum Gasteiger partial charge on any atom is -0.405 e. The number of hydrogen-bond acceptors (Lipinski definition) is 1. The van der Waals surface area contributed by atoms with Crippen molar-refractivity contribution in [2.24, 2.45) is 0 Å². The lowest BCUT2D eigenvalue weighted by molar-refractivity contribution is 0.173. The predicted molar refractivity (Wildman–Crippen MR) is 131 cm³/mol. The first kappa shape index (κ1) is 23.9. The third-order valence-corrected chi connectivity index (χ3v) is 9.72. The van der Waals surface area contributed by atoms with E-state index >= 15 is 0 Å². The number of benzene rings is 2. The largest absolute Gasteiger partial charge is 0.405 e. The van der Waals surface area contributed by atoms with E-state index in [0.29, 0.717) is 6.10 Å². The molecule has 2 rings (SSSR count). The zero-order valence-corrected chi connectivity index (χ0v) is 20.0. The highest BCUT2D eigenvalue weighted by Gasteiger charge is 2.36. The molecule has 0 amide bonds. The van der Waals surface area contributed by atoms with Crippen LogP contribution in [0.15, 0.2) is 60.7 Å². The molecule has 0 saturated carbocycles. The molecule has 1 unspecified atom stereocenters. The van der Waals surface area contributed by atoms with E-state index in [-0.39, 0.29) is 0 Å². The Bertz CT molecular complexity index is 601. The van der Waals surface area contributed by atoms with E-state index < -0.39 is 8.32 Å². The number of rotatable bonds is 15. The summed E-state index contributed by atoms with van der Waals surface area (Å²) < 4.78 is 7.05. The van der Waals surface area contributed by atoms with Crippen LogP contribution in [-0.2, 0) is 4.43 Å². The van der Waals surface area contributed by atoms with Crippen LogP contribution in [-0.4, -0.2) is 14.4 Å². The molecular formula is C27H42OSi. The normalized spacial score (nSPS) is 12.8. The maximum atomic E-state index is 7.05.